The van der Waals surface area contributed by atoms with Crippen LogP contribution in [0.15, 0.2) is 0 Å². The van der Waals surface area contributed by atoms with Crippen LogP contribution >= 0.6 is 11.8 Å². The molecule has 0 aromatic heterocycles. The Morgan fingerprint density at radius 2 is 1.91 bits per heavy atom. The maximum absolute atomic E-state index is 10.9. The monoisotopic (exact) mass is 174 g/mol. The van der Waals surface area contributed by atoms with Crippen molar-refractivity contribution in [2.24, 2.45) is 0 Å². The van der Waals surface area contributed by atoms with Crippen molar-refractivity contribution in [3.8, 4) is 0 Å². The van der Waals surface area contributed by atoms with E-state index in [0.717, 1.165) is 6.42 Å². The summed E-state index contributed by atoms with van der Waals surface area (Å²) in [7, 11) is 0. The van der Waals surface area contributed by atoms with Crippen molar-refractivity contribution < 1.29 is 9.59 Å². The topological polar surface area (TPSA) is 34.1 Å². The third-order valence-corrected chi connectivity index (χ3v) is 2.03. The van der Waals surface area contributed by atoms with Crippen LogP contribution in [0.25, 0.3) is 0 Å². The summed E-state index contributed by atoms with van der Waals surface area (Å²) in [4.78, 5) is 21.3. The number of Topliss-reactive ketones (excluding diaryl/α,β-unsaturated/α-hetero) is 1. The maximum Gasteiger partial charge on any atom is 0.185 e. The average Bonchev–Trinajstić information content (AvgIpc) is 1.87. The van der Waals surface area contributed by atoms with Crippen LogP contribution in [-0.4, -0.2) is 16.7 Å². The van der Waals surface area contributed by atoms with Crippen molar-refractivity contribution in [2.75, 3.05) is 5.75 Å². The van der Waals surface area contributed by atoms with Crippen molar-refractivity contribution in [1.29, 1.82) is 0 Å². The molecule has 0 rings (SSSR count). The van der Waals surface area contributed by atoms with Crippen LogP contribution in [0.4, 0.5) is 0 Å². The highest BCUT2D eigenvalue weighted by Crippen LogP contribution is 2.05. The number of hydrogen-bond acceptors (Lipinski definition) is 3. The molecular formula is C8H14O2S. The molecule has 0 aliphatic carbocycles. The van der Waals surface area contributed by atoms with Crippen LogP contribution in [0.1, 0.15) is 33.1 Å². The van der Waals surface area contributed by atoms with E-state index < -0.39 is 0 Å². The normalized spacial score (nSPS) is 9.64. The Balaban J connectivity index is 3.24. The molecule has 0 N–H and O–H groups in total. The largest absolute Gasteiger partial charge is 0.300 e. The van der Waals surface area contributed by atoms with Crippen LogP contribution in [0.5, 0.6) is 0 Å². The predicted octanol–water partition coefficient (Wildman–Crippen LogP) is 2.03. The summed E-state index contributed by atoms with van der Waals surface area (Å²) < 4.78 is 0. The van der Waals surface area contributed by atoms with Gasteiger partial charge in [-0.15, -0.1) is 0 Å². The Labute approximate surface area is 71.7 Å². The first kappa shape index (κ1) is 10.7. The van der Waals surface area contributed by atoms with Gasteiger partial charge >= 0.3 is 0 Å². The zero-order chi connectivity index (χ0) is 8.69. The highest BCUT2D eigenvalue weighted by atomic mass is 32.2. The lowest BCUT2D eigenvalue weighted by Gasteiger charge is -1.95. The van der Waals surface area contributed by atoms with E-state index >= 15 is 0 Å². The lowest BCUT2D eigenvalue weighted by Crippen LogP contribution is -1.99. The van der Waals surface area contributed by atoms with Crippen LogP contribution in [0.2, 0.25) is 0 Å². The van der Waals surface area contributed by atoms with Gasteiger partial charge in [-0.1, -0.05) is 18.7 Å². The molecule has 0 aromatic carbocycles. The summed E-state index contributed by atoms with van der Waals surface area (Å²) >= 11 is 1.23. The first-order chi connectivity index (χ1) is 5.16. The molecular weight excluding hydrogens is 160 g/mol. The molecule has 0 radical (unpaired) electrons. The highest BCUT2D eigenvalue weighted by Gasteiger charge is 2.00. The zero-order valence-corrected chi connectivity index (χ0v) is 7.87. The molecule has 64 valence electrons. The van der Waals surface area contributed by atoms with Gasteiger partial charge in [0.1, 0.15) is 5.78 Å². The van der Waals surface area contributed by atoms with Crippen molar-refractivity contribution in [3.63, 3.8) is 0 Å². The van der Waals surface area contributed by atoms with Gasteiger partial charge in [0.15, 0.2) is 5.12 Å². The zero-order valence-electron chi connectivity index (χ0n) is 7.05. The average molecular weight is 174 g/mol. The summed E-state index contributed by atoms with van der Waals surface area (Å²) in [5.41, 5.74) is 0. The molecule has 0 spiro atoms. The standard InChI is InChI=1S/C8H14O2S/c1-3-4-8(10)5-6-11-7(2)9/h3-6H2,1-2H3. The van der Waals surface area contributed by atoms with E-state index in [-0.39, 0.29) is 10.9 Å². The fraction of sp³-hybridized carbons (Fsp3) is 0.750. The van der Waals surface area contributed by atoms with Crippen molar-refractivity contribution in [1.82, 2.24) is 0 Å². The van der Waals surface area contributed by atoms with Crippen LogP contribution in [0.3, 0.4) is 0 Å². The molecule has 11 heavy (non-hydrogen) atoms. The summed E-state index contributed by atoms with van der Waals surface area (Å²) in [6.45, 7) is 3.50. The smallest absolute Gasteiger partial charge is 0.185 e. The Hall–Kier alpha value is -0.310. The van der Waals surface area contributed by atoms with Gasteiger partial charge in [-0.25, -0.2) is 0 Å². The first-order valence-electron chi connectivity index (χ1n) is 3.82. The number of carbonyl (C=O) groups is 2. The first-order valence-corrected chi connectivity index (χ1v) is 4.80. The van der Waals surface area contributed by atoms with Gasteiger partial charge in [-0.2, -0.15) is 0 Å². The highest BCUT2D eigenvalue weighted by molar-refractivity contribution is 8.13. The molecule has 2 nitrogen and oxygen atoms in total. The molecule has 0 atom stereocenters. The minimum atomic E-state index is 0.0919. The predicted molar refractivity (Wildman–Crippen MR) is 47.7 cm³/mol. The van der Waals surface area contributed by atoms with E-state index in [1.54, 1.807) is 0 Å². The van der Waals surface area contributed by atoms with E-state index in [1.807, 2.05) is 6.92 Å². The summed E-state index contributed by atoms with van der Waals surface area (Å²) in [5, 5.41) is 0.0919. The third kappa shape index (κ3) is 7.59. The minimum absolute atomic E-state index is 0.0919. The van der Waals surface area contributed by atoms with E-state index in [9.17, 15) is 9.59 Å². The van der Waals surface area contributed by atoms with E-state index in [2.05, 4.69) is 0 Å². The summed E-state index contributed by atoms with van der Waals surface area (Å²) in [6, 6.07) is 0. The quantitative estimate of drug-likeness (QED) is 0.639. The van der Waals surface area contributed by atoms with Gasteiger partial charge < -0.3 is 0 Å². The van der Waals surface area contributed by atoms with Crippen LogP contribution < -0.4 is 0 Å². The molecule has 0 fully saturated rings. The fourth-order valence-corrected chi connectivity index (χ4v) is 1.33. The molecule has 0 amide bonds. The molecule has 0 unspecified atom stereocenters. The van der Waals surface area contributed by atoms with Gasteiger partial charge in [0.05, 0.1) is 0 Å². The van der Waals surface area contributed by atoms with Crippen molar-refractivity contribution in [2.45, 2.75) is 33.1 Å². The molecule has 0 saturated carbocycles. The molecule has 0 heterocycles. The van der Waals surface area contributed by atoms with Crippen molar-refractivity contribution in [3.05, 3.63) is 0 Å². The fourth-order valence-electron chi connectivity index (χ4n) is 0.712. The van der Waals surface area contributed by atoms with Crippen molar-refractivity contribution >= 4 is 22.7 Å². The van der Waals surface area contributed by atoms with E-state index in [4.69, 9.17) is 0 Å². The number of thioether (sulfide) groups is 1. The van der Waals surface area contributed by atoms with Gasteiger partial charge in [-0.05, 0) is 6.42 Å². The SMILES string of the molecule is CCCC(=O)CCSC(C)=O. The van der Waals surface area contributed by atoms with Gasteiger partial charge in [0, 0.05) is 25.5 Å². The number of carbonyl (C=O) groups excluding carboxylic acids is 2. The van der Waals surface area contributed by atoms with Gasteiger partial charge in [0.25, 0.3) is 0 Å². The molecule has 0 aliphatic rings. The number of hydrogen-bond donors (Lipinski definition) is 0. The Bertz CT molecular complexity index is 143. The second-order valence-electron chi connectivity index (χ2n) is 2.38. The Morgan fingerprint density at radius 1 is 1.27 bits per heavy atom. The van der Waals surface area contributed by atoms with E-state index in [1.165, 1.54) is 18.7 Å². The maximum atomic E-state index is 10.9. The van der Waals surface area contributed by atoms with Gasteiger partial charge in [-0.3, -0.25) is 9.59 Å². The molecule has 3 heteroatoms. The summed E-state index contributed by atoms with van der Waals surface area (Å²) in [6.07, 6.45) is 2.10. The second-order valence-corrected chi connectivity index (χ2v) is 3.65. The van der Waals surface area contributed by atoms with Crippen LogP contribution in [-0.2, 0) is 9.59 Å². The third-order valence-electron chi connectivity index (χ3n) is 1.22. The van der Waals surface area contributed by atoms with Gasteiger partial charge in [0.2, 0.25) is 0 Å². The number of rotatable bonds is 5. The lowest BCUT2D eigenvalue weighted by molar-refractivity contribution is -0.118. The second kappa shape index (κ2) is 6.40. The van der Waals surface area contributed by atoms with E-state index in [0.29, 0.717) is 18.6 Å². The summed E-state index contributed by atoms with van der Waals surface area (Å²) in [5.74, 6) is 0.912. The Morgan fingerprint density at radius 3 is 2.36 bits per heavy atom. The molecule has 0 aromatic rings. The molecule has 0 bridgehead atoms. The van der Waals surface area contributed by atoms with Crippen LogP contribution in [0, 0.1) is 0 Å². The molecule has 0 aliphatic heterocycles. The lowest BCUT2D eigenvalue weighted by atomic mass is 10.2. The minimum Gasteiger partial charge on any atom is -0.300 e. The Kier molecular flexibility index (Phi) is 6.22. The molecule has 0 saturated heterocycles. The number of ketones is 1.